The summed E-state index contributed by atoms with van der Waals surface area (Å²) in [6.07, 6.45) is -4.44. The van der Waals surface area contributed by atoms with Crippen LogP contribution in [0.15, 0.2) is 18.2 Å². The molecule has 0 atom stereocenters. The van der Waals surface area contributed by atoms with Gasteiger partial charge in [0.15, 0.2) is 0 Å². The van der Waals surface area contributed by atoms with E-state index in [9.17, 15) is 18.0 Å². The largest absolute Gasteiger partial charge is 0.495 e. The summed E-state index contributed by atoms with van der Waals surface area (Å²) in [4.78, 5) is 11.2. The van der Waals surface area contributed by atoms with E-state index >= 15 is 0 Å². The van der Waals surface area contributed by atoms with Crippen LogP contribution in [0.25, 0.3) is 0 Å². The smallest absolute Gasteiger partial charge is 0.405 e. The Morgan fingerprint density at radius 1 is 1.45 bits per heavy atom. The van der Waals surface area contributed by atoms with Crippen LogP contribution >= 0.6 is 0 Å². The van der Waals surface area contributed by atoms with Crippen molar-refractivity contribution in [2.45, 2.75) is 6.18 Å². The third-order valence-electron chi connectivity index (χ3n) is 2.26. The normalized spacial score (nSPS) is 10.6. The lowest BCUT2D eigenvalue weighted by Crippen LogP contribution is -2.37. The van der Waals surface area contributed by atoms with Gasteiger partial charge in [0.1, 0.15) is 12.3 Å². The summed E-state index contributed by atoms with van der Waals surface area (Å²) in [5.41, 5.74) is 0.780. The predicted molar refractivity (Wildman–Crippen MR) is 65.3 cm³/mol. The molecular formula is C12H12F3N3O2. The molecule has 5 nitrogen and oxygen atoms in total. The molecule has 1 amide bonds. The van der Waals surface area contributed by atoms with E-state index in [4.69, 9.17) is 10.00 Å². The van der Waals surface area contributed by atoms with Crippen LogP contribution in [0.5, 0.6) is 5.75 Å². The average molecular weight is 287 g/mol. The number of hydrogen-bond acceptors (Lipinski definition) is 4. The van der Waals surface area contributed by atoms with Gasteiger partial charge in [-0.2, -0.15) is 18.4 Å². The molecule has 108 valence electrons. The first-order chi connectivity index (χ1) is 9.35. The lowest BCUT2D eigenvalue weighted by Gasteiger charge is -2.12. The molecule has 1 aromatic carbocycles. The van der Waals surface area contributed by atoms with E-state index in [2.05, 4.69) is 5.32 Å². The van der Waals surface area contributed by atoms with Crippen LogP contribution in [0.3, 0.4) is 0 Å². The highest BCUT2D eigenvalue weighted by Crippen LogP contribution is 2.24. The summed E-state index contributed by atoms with van der Waals surface area (Å²) in [5, 5.41) is 13.1. The van der Waals surface area contributed by atoms with Crippen LogP contribution < -0.4 is 15.4 Å². The van der Waals surface area contributed by atoms with Crippen molar-refractivity contribution in [3.63, 3.8) is 0 Å². The van der Waals surface area contributed by atoms with E-state index in [1.807, 2.05) is 6.07 Å². The van der Waals surface area contributed by atoms with Gasteiger partial charge in [-0.1, -0.05) is 0 Å². The van der Waals surface area contributed by atoms with Crippen LogP contribution in [-0.4, -0.2) is 32.3 Å². The lowest BCUT2D eigenvalue weighted by molar-refractivity contribution is -0.137. The molecule has 8 heteroatoms. The quantitative estimate of drug-likeness (QED) is 0.863. The standard InChI is InChI=1S/C12H12F3N3O2/c1-20-10-4-8(5-16)2-3-9(10)17-6-11(19)18-7-12(13,14)15/h2-4,17H,6-7H2,1H3,(H,18,19). The maximum Gasteiger partial charge on any atom is 0.405 e. The number of nitrogens with zero attached hydrogens (tertiary/aromatic N) is 1. The number of amides is 1. The number of methoxy groups -OCH3 is 1. The van der Waals surface area contributed by atoms with Gasteiger partial charge in [0.2, 0.25) is 5.91 Å². The minimum Gasteiger partial charge on any atom is -0.495 e. The van der Waals surface area contributed by atoms with Gasteiger partial charge < -0.3 is 15.4 Å². The van der Waals surface area contributed by atoms with Gasteiger partial charge >= 0.3 is 6.18 Å². The van der Waals surface area contributed by atoms with E-state index in [0.29, 0.717) is 17.0 Å². The van der Waals surface area contributed by atoms with Crippen molar-refractivity contribution in [3.05, 3.63) is 23.8 Å². The Hall–Kier alpha value is -2.43. The number of rotatable bonds is 5. The first kappa shape index (κ1) is 15.6. The summed E-state index contributed by atoms with van der Waals surface area (Å²) in [7, 11) is 1.38. The van der Waals surface area contributed by atoms with Gasteiger partial charge in [0.05, 0.1) is 31.0 Å². The molecule has 2 N–H and O–H groups in total. The van der Waals surface area contributed by atoms with Crippen molar-refractivity contribution >= 4 is 11.6 Å². The number of benzene rings is 1. The fourth-order valence-corrected chi connectivity index (χ4v) is 1.34. The Morgan fingerprint density at radius 2 is 2.15 bits per heavy atom. The number of nitrogens with one attached hydrogen (secondary N) is 2. The summed E-state index contributed by atoms with van der Waals surface area (Å²) in [6, 6.07) is 6.38. The molecule has 0 aliphatic heterocycles. The number of alkyl halides is 3. The van der Waals surface area contributed by atoms with E-state index in [-0.39, 0.29) is 6.54 Å². The Bertz CT molecular complexity index is 524. The minimum atomic E-state index is -4.44. The second kappa shape index (κ2) is 6.65. The van der Waals surface area contributed by atoms with Gasteiger partial charge in [-0.3, -0.25) is 4.79 Å². The molecule has 0 radical (unpaired) electrons. The summed E-state index contributed by atoms with van der Waals surface area (Å²) < 4.78 is 40.7. The molecule has 0 aromatic heterocycles. The second-order valence-corrected chi connectivity index (χ2v) is 3.77. The molecule has 1 aromatic rings. The molecule has 20 heavy (non-hydrogen) atoms. The van der Waals surface area contributed by atoms with E-state index in [0.717, 1.165) is 0 Å². The van der Waals surface area contributed by atoms with Crippen LogP contribution in [0.1, 0.15) is 5.56 Å². The lowest BCUT2D eigenvalue weighted by atomic mass is 10.2. The third-order valence-corrected chi connectivity index (χ3v) is 2.26. The zero-order valence-electron chi connectivity index (χ0n) is 10.5. The first-order valence-corrected chi connectivity index (χ1v) is 5.51. The first-order valence-electron chi connectivity index (χ1n) is 5.51. The van der Waals surface area contributed by atoms with E-state index in [1.54, 1.807) is 5.32 Å². The number of hydrogen-bond donors (Lipinski definition) is 2. The molecule has 0 bridgehead atoms. The van der Waals surface area contributed by atoms with Crippen LogP contribution in [0.2, 0.25) is 0 Å². The zero-order valence-corrected chi connectivity index (χ0v) is 10.5. The highest BCUT2D eigenvalue weighted by atomic mass is 19.4. The topological polar surface area (TPSA) is 74.1 Å². The fourth-order valence-electron chi connectivity index (χ4n) is 1.34. The number of anilines is 1. The maximum absolute atomic E-state index is 11.9. The van der Waals surface area contributed by atoms with E-state index in [1.165, 1.54) is 25.3 Å². The molecule has 1 rings (SSSR count). The van der Waals surface area contributed by atoms with Crippen LogP contribution in [0, 0.1) is 11.3 Å². The van der Waals surface area contributed by atoms with Gasteiger partial charge in [-0.05, 0) is 12.1 Å². The van der Waals surface area contributed by atoms with Crippen molar-refractivity contribution in [1.82, 2.24) is 5.32 Å². The molecule has 0 saturated heterocycles. The summed E-state index contributed by atoms with van der Waals surface area (Å²) in [5.74, 6) is -0.471. The van der Waals surface area contributed by atoms with Crippen molar-refractivity contribution in [2.24, 2.45) is 0 Å². The molecule has 0 aliphatic rings. The van der Waals surface area contributed by atoms with Gasteiger partial charge in [0, 0.05) is 6.07 Å². The van der Waals surface area contributed by atoms with Gasteiger partial charge in [-0.15, -0.1) is 0 Å². The average Bonchev–Trinajstić information content (AvgIpc) is 2.41. The van der Waals surface area contributed by atoms with Gasteiger partial charge in [-0.25, -0.2) is 0 Å². The number of nitriles is 1. The number of carbonyl (C=O) groups is 1. The Morgan fingerprint density at radius 3 is 2.70 bits per heavy atom. The summed E-state index contributed by atoms with van der Waals surface area (Å²) in [6.45, 7) is -1.71. The molecule has 0 fully saturated rings. The SMILES string of the molecule is COc1cc(C#N)ccc1NCC(=O)NCC(F)(F)F. The zero-order chi connectivity index (χ0) is 15.2. The van der Waals surface area contributed by atoms with Gasteiger partial charge in [0.25, 0.3) is 0 Å². The molecular weight excluding hydrogens is 275 g/mol. The minimum absolute atomic E-state index is 0.327. The third kappa shape index (κ3) is 5.06. The Balaban J connectivity index is 2.57. The molecule has 0 unspecified atom stereocenters. The second-order valence-electron chi connectivity index (χ2n) is 3.77. The molecule has 0 saturated carbocycles. The fraction of sp³-hybridized carbons (Fsp3) is 0.333. The monoisotopic (exact) mass is 287 g/mol. The highest BCUT2D eigenvalue weighted by Gasteiger charge is 2.27. The summed E-state index contributed by atoms with van der Waals surface area (Å²) >= 11 is 0. The number of halogens is 3. The van der Waals surface area contributed by atoms with Crippen LogP contribution in [-0.2, 0) is 4.79 Å². The predicted octanol–water partition coefficient (Wildman–Crippen LogP) is 1.66. The molecule has 0 spiro atoms. The number of carbonyl (C=O) groups excluding carboxylic acids is 1. The highest BCUT2D eigenvalue weighted by molar-refractivity contribution is 5.81. The van der Waals surface area contributed by atoms with Crippen molar-refractivity contribution in [1.29, 1.82) is 5.26 Å². The van der Waals surface area contributed by atoms with Crippen molar-refractivity contribution < 1.29 is 22.7 Å². The Labute approximate surface area is 113 Å². The number of ether oxygens (including phenoxy) is 1. The Kier molecular flexibility index (Phi) is 5.20. The van der Waals surface area contributed by atoms with Crippen molar-refractivity contribution in [2.75, 3.05) is 25.5 Å². The van der Waals surface area contributed by atoms with Crippen LogP contribution in [0.4, 0.5) is 18.9 Å². The maximum atomic E-state index is 11.9. The van der Waals surface area contributed by atoms with Crippen molar-refractivity contribution in [3.8, 4) is 11.8 Å². The van der Waals surface area contributed by atoms with E-state index < -0.39 is 18.6 Å². The molecule has 0 heterocycles. The molecule has 0 aliphatic carbocycles.